The molecule has 0 fully saturated rings. The van der Waals surface area contributed by atoms with Gasteiger partial charge in [-0.05, 0) is 31.7 Å². The fourth-order valence-electron chi connectivity index (χ4n) is 1.72. The molecule has 17 heavy (non-hydrogen) atoms. The molecule has 0 bridgehead atoms. The summed E-state index contributed by atoms with van der Waals surface area (Å²) in [5, 5.41) is 3.14. The van der Waals surface area contributed by atoms with E-state index in [-0.39, 0.29) is 11.9 Å². The van der Waals surface area contributed by atoms with E-state index in [2.05, 4.69) is 15.3 Å². The Morgan fingerprint density at radius 3 is 2.76 bits per heavy atom. The van der Waals surface area contributed by atoms with Crippen molar-refractivity contribution >= 4 is 0 Å². The third kappa shape index (κ3) is 2.47. The average molecular weight is 231 g/mol. The predicted octanol–water partition coefficient (Wildman–Crippen LogP) is 2.56. The average Bonchev–Trinajstić information content (AvgIpc) is 2.39. The van der Waals surface area contributed by atoms with Crippen molar-refractivity contribution in [2.45, 2.75) is 13.0 Å². The molecule has 2 rings (SSSR count). The van der Waals surface area contributed by atoms with E-state index in [0.29, 0.717) is 5.69 Å². The van der Waals surface area contributed by atoms with Crippen molar-refractivity contribution < 1.29 is 4.39 Å². The second-order valence-electron chi connectivity index (χ2n) is 3.83. The van der Waals surface area contributed by atoms with Crippen LogP contribution in [0.15, 0.2) is 36.8 Å². The van der Waals surface area contributed by atoms with Crippen molar-refractivity contribution in [2.75, 3.05) is 7.05 Å². The molecule has 0 aliphatic rings. The second kappa shape index (κ2) is 5.01. The van der Waals surface area contributed by atoms with E-state index < -0.39 is 0 Å². The lowest BCUT2D eigenvalue weighted by molar-refractivity contribution is 0.620. The monoisotopic (exact) mass is 231 g/mol. The van der Waals surface area contributed by atoms with Gasteiger partial charge in [-0.25, -0.2) is 4.39 Å². The lowest BCUT2D eigenvalue weighted by Crippen LogP contribution is -2.13. The summed E-state index contributed by atoms with van der Waals surface area (Å²) in [6.07, 6.45) is 4.85. The fourth-order valence-corrected chi connectivity index (χ4v) is 1.72. The fraction of sp³-hybridized carbons (Fsp3) is 0.231. The quantitative estimate of drug-likeness (QED) is 0.882. The van der Waals surface area contributed by atoms with Crippen LogP contribution in [0.1, 0.15) is 18.5 Å². The van der Waals surface area contributed by atoms with Gasteiger partial charge in [0.25, 0.3) is 0 Å². The van der Waals surface area contributed by atoms with Gasteiger partial charge in [-0.15, -0.1) is 0 Å². The van der Waals surface area contributed by atoms with Gasteiger partial charge in [0.1, 0.15) is 5.82 Å². The summed E-state index contributed by atoms with van der Waals surface area (Å²) in [5.74, 6) is -0.266. The molecule has 0 amide bonds. The summed E-state index contributed by atoms with van der Waals surface area (Å²) < 4.78 is 13.3. The van der Waals surface area contributed by atoms with Gasteiger partial charge in [-0.2, -0.15) is 0 Å². The molecular weight excluding hydrogens is 217 g/mol. The maximum absolute atomic E-state index is 13.3. The van der Waals surface area contributed by atoms with E-state index >= 15 is 0 Å². The molecule has 4 heteroatoms. The number of rotatable bonds is 3. The Balaban J connectivity index is 2.55. The SMILES string of the molecule is CNC(C)c1ccc(F)cc1-c1cnccn1. The van der Waals surface area contributed by atoms with Crippen LogP contribution in [0.4, 0.5) is 4.39 Å². The second-order valence-corrected chi connectivity index (χ2v) is 3.83. The van der Waals surface area contributed by atoms with Gasteiger partial charge in [0.15, 0.2) is 0 Å². The van der Waals surface area contributed by atoms with Crippen LogP contribution >= 0.6 is 0 Å². The van der Waals surface area contributed by atoms with E-state index in [1.165, 1.54) is 12.1 Å². The van der Waals surface area contributed by atoms with E-state index in [9.17, 15) is 4.39 Å². The van der Waals surface area contributed by atoms with Crippen molar-refractivity contribution in [2.24, 2.45) is 0 Å². The minimum atomic E-state index is -0.266. The Kier molecular flexibility index (Phi) is 3.44. The van der Waals surface area contributed by atoms with Crippen LogP contribution in [0, 0.1) is 5.82 Å². The van der Waals surface area contributed by atoms with E-state index in [1.54, 1.807) is 24.7 Å². The lowest BCUT2D eigenvalue weighted by atomic mass is 9.99. The first-order valence-corrected chi connectivity index (χ1v) is 5.45. The summed E-state index contributed by atoms with van der Waals surface area (Å²) in [7, 11) is 1.87. The van der Waals surface area contributed by atoms with Crippen molar-refractivity contribution in [3.8, 4) is 11.3 Å². The zero-order valence-electron chi connectivity index (χ0n) is 9.81. The lowest BCUT2D eigenvalue weighted by Gasteiger charge is -2.15. The molecule has 0 aliphatic heterocycles. The number of nitrogens with one attached hydrogen (secondary N) is 1. The molecule has 3 nitrogen and oxygen atoms in total. The van der Waals surface area contributed by atoms with Gasteiger partial charge < -0.3 is 5.32 Å². The van der Waals surface area contributed by atoms with Crippen LogP contribution in [0.3, 0.4) is 0 Å². The maximum Gasteiger partial charge on any atom is 0.123 e. The van der Waals surface area contributed by atoms with Crippen LogP contribution in [0.25, 0.3) is 11.3 Å². The Labute approximate surface area is 99.7 Å². The zero-order chi connectivity index (χ0) is 12.3. The minimum absolute atomic E-state index is 0.132. The summed E-state index contributed by atoms with van der Waals surface area (Å²) >= 11 is 0. The number of benzene rings is 1. The molecule has 2 aromatic rings. The summed E-state index contributed by atoms with van der Waals surface area (Å²) in [4.78, 5) is 8.22. The molecular formula is C13H14FN3. The normalized spacial score (nSPS) is 12.4. The maximum atomic E-state index is 13.3. The van der Waals surface area contributed by atoms with Crippen LogP contribution in [-0.4, -0.2) is 17.0 Å². The highest BCUT2D eigenvalue weighted by atomic mass is 19.1. The molecule has 1 aromatic carbocycles. The third-order valence-electron chi connectivity index (χ3n) is 2.75. The highest BCUT2D eigenvalue weighted by molar-refractivity contribution is 5.63. The molecule has 0 radical (unpaired) electrons. The van der Waals surface area contributed by atoms with Crippen LogP contribution in [0.2, 0.25) is 0 Å². The van der Waals surface area contributed by atoms with Gasteiger partial charge in [0.2, 0.25) is 0 Å². The standard InChI is InChI=1S/C13H14FN3/c1-9(15-2)11-4-3-10(14)7-12(11)13-8-16-5-6-17-13/h3-9,15H,1-2H3. The molecule has 88 valence electrons. The smallest absolute Gasteiger partial charge is 0.123 e. The van der Waals surface area contributed by atoms with Crippen molar-refractivity contribution in [1.82, 2.24) is 15.3 Å². The van der Waals surface area contributed by atoms with E-state index in [4.69, 9.17) is 0 Å². The Morgan fingerprint density at radius 2 is 2.12 bits per heavy atom. The van der Waals surface area contributed by atoms with Gasteiger partial charge in [-0.1, -0.05) is 6.07 Å². The summed E-state index contributed by atoms with van der Waals surface area (Å²) in [5.41, 5.74) is 2.47. The van der Waals surface area contributed by atoms with Gasteiger partial charge in [0.05, 0.1) is 11.9 Å². The van der Waals surface area contributed by atoms with Crippen molar-refractivity contribution in [1.29, 1.82) is 0 Å². The Bertz CT molecular complexity index is 499. The molecule has 0 saturated heterocycles. The summed E-state index contributed by atoms with van der Waals surface area (Å²) in [6, 6.07) is 4.86. The molecule has 0 aliphatic carbocycles. The minimum Gasteiger partial charge on any atom is -0.313 e. The Morgan fingerprint density at radius 1 is 1.29 bits per heavy atom. The zero-order valence-corrected chi connectivity index (χ0v) is 9.81. The van der Waals surface area contributed by atoms with Crippen molar-refractivity contribution in [3.63, 3.8) is 0 Å². The number of aromatic nitrogens is 2. The molecule has 1 unspecified atom stereocenters. The van der Waals surface area contributed by atoms with Gasteiger partial charge in [-0.3, -0.25) is 9.97 Å². The number of hydrogen-bond acceptors (Lipinski definition) is 3. The molecule has 1 atom stereocenters. The molecule has 0 spiro atoms. The number of halogens is 1. The Hall–Kier alpha value is -1.81. The highest BCUT2D eigenvalue weighted by Crippen LogP contribution is 2.26. The third-order valence-corrected chi connectivity index (χ3v) is 2.75. The molecule has 0 saturated carbocycles. The predicted molar refractivity (Wildman–Crippen MR) is 64.9 cm³/mol. The van der Waals surface area contributed by atoms with E-state index in [0.717, 1.165) is 11.1 Å². The number of hydrogen-bond donors (Lipinski definition) is 1. The summed E-state index contributed by atoms with van der Waals surface area (Å²) in [6.45, 7) is 2.02. The first kappa shape index (κ1) is 11.7. The molecule has 1 N–H and O–H groups in total. The van der Waals surface area contributed by atoms with Crippen LogP contribution in [-0.2, 0) is 0 Å². The number of nitrogens with zero attached hydrogens (tertiary/aromatic N) is 2. The van der Waals surface area contributed by atoms with E-state index in [1.807, 2.05) is 14.0 Å². The first-order chi connectivity index (χ1) is 8.22. The van der Waals surface area contributed by atoms with Gasteiger partial charge in [0, 0.05) is 24.0 Å². The molecule has 1 heterocycles. The van der Waals surface area contributed by atoms with Gasteiger partial charge >= 0.3 is 0 Å². The largest absolute Gasteiger partial charge is 0.313 e. The molecule has 1 aromatic heterocycles. The highest BCUT2D eigenvalue weighted by Gasteiger charge is 2.12. The first-order valence-electron chi connectivity index (χ1n) is 5.45. The topological polar surface area (TPSA) is 37.8 Å². The van der Waals surface area contributed by atoms with Crippen molar-refractivity contribution in [3.05, 3.63) is 48.2 Å². The van der Waals surface area contributed by atoms with Crippen LogP contribution in [0.5, 0.6) is 0 Å². The van der Waals surface area contributed by atoms with Crippen LogP contribution < -0.4 is 5.32 Å².